The Balaban J connectivity index is 1.62. The van der Waals surface area contributed by atoms with Crippen molar-refractivity contribution in [2.24, 2.45) is 0 Å². The predicted molar refractivity (Wildman–Crippen MR) is 136 cm³/mol. The van der Waals surface area contributed by atoms with Crippen molar-refractivity contribution >= 4 is 31.2 Å². The Morgan fingerprint density at radius 2 is 1.94 bits per heavy atom. The number of aromatic nitrogens is 5. The summed E-state index contributed by atoms with van der Waals surface area (Å²) in [5.41, 5.74) is -0.791. The third-order valence-electron chi connectivity index (χ3n) is 6.17. The molecule has 4 heterocycles. The van der Waals surface area contributed by atoms with Crippen LogP contribution in [0.5, 0.6) is 0 Å². The quantitative estimate of drug-likeness (QED) is 0.371. The molecule has 0 aliphatic carbocycles. The van der Waals surface area contributed by atoms with Gasteiger partial charge < -0.3 is 19.1 Å². The maximum Gasteiger partial charge on any atom is 0.411 e. The highest BCUT2D eigenvalue weighted by atomic mass is 28.3. The number of nitrogens with zero attached hydrogens (tertiary/aromatic N) is 6. The number of carbonyl (C=O) groups excluding carboxylic acids is 1. The fourth-order valence-corrected chi connectivity index (χ4v) is 4.86. The molecular formula is C24H34N6O5Si. The van der Waals surface area contributed by atoms with E-state index in [0.29, 0.717) is 36.1 Å². The van der Waals surface area contributed by atoms with Gasteiger partial charge in [0.15, 0.2) is 11.4 Å². The lowest BCUT2D eigenvalue weighted by atomic mass is 9.95. The highest BCUT2D eigenvalue weighted by Gasteiger charge is 2.53. The number of aliphatic carboxylic acids is 1. The van der Waals surface area contributed by atoms with E-state index in [0.717, 1.165) is 11.4 Å². The van der Waals surface area contributed by atoms with E-state index in [2.05, 4.69) is 34.7 Å². The molecule has 36 heavy (non-hydrogen) atoms. The molecule has 0 spiro atoms. The summed E-state index contributed by atoms with van der Waals surface area (Å²) in [5.74, 6) is -0.645. The Kier molecular flexibility index (Phi) is 6.46. The van der Waals surface area contributed by atoms with Gasteiger partial charge in [0.05, 0.1) is 17.6 Å². The van der Waals surface area contributed by atoms with Crippen LogP contribution in [-0.4, -0.2) is 66.7 Å². The molecule has 1 amide bonds. The second-order valence-electron chi connectivity index (χ2n) is 11.4. The van der Waals surface area contributed by atoms with Crippen molar-refractivity contribution < 1.29 is 24.2 Å². The summed E-state index contributed by atoms with van der Waals surface area (Å²) in [6.45, 7) is 14.7. The van der Waals surface area contributed by atoms with Crippen LogP contribution < -0.4 is 0 Å². The lowest BCUT2D eigenvalue weighted by molar-refractivity contribution is -0.150. The summed E-state index contributed by atoms with van der Waals surface area (Å²) >= 11 is 0. The molecule has 3 aromatic heterocycles. The highest BCUT2D eigenvalue weighted by molar-refractivity contribution is 6.76. The number of amides is 1. The Labute approximate surface area is 211 Å². The van der Waals surface area contributed by atoms with Gasteiger partial charge in [-0.05, 0) is 39.8 Å². The maximum absolute atomic E-state index is 12.8. The number of rotatable bonds is 7. The van der Waals surface area contributed by atoms with Crippen molar-refractivity contribution in [3.8, 4) is 5.82 Å². The van der Waals surface area contributed by atoms with Crippen molar-refractivity contribution in [1.82, 2.24) is 29.2 Å². The van der Waals surface area contributed by atoms with E-state index >= 15 is 0 Å². The Morgan fingerprint density at radius 1 is 1.22 bits per heavy atom. The molecule has 0 radical (unpaired) electrons. The van der Waals surface area contributed by atoms with Crippen molar-refractivity contribution in [2.75, 3.05) is 6.61 Å². The summed E-state index contributed by atoms with van der Waals surface area (Å²) in [6, 6.07) is 2.97. The van der Waals surface area contributed by atoms with Gasteiger partial charge in [-0.15, -0.1) is 0 Å². The second-order valence-corrected chi connectivity index (χ2v) is 17.1. The van der Waals surface area contributed by atoms with Gasteiger partial charge in [0.25, 0.3) is 0 Å². The molecule has 0 saturated carbocycles. The van der Waals surface area contributed by atoms with Crippen LogP contribution in [-0.2, 0) is 33.1 Å². The molecule has 0 bridgehead atoms. The predicted octanol–water partition coefficient (Wildman–Crippen LogP) is 3.98. The summed E-state index contributed by atoms with van der Waals surface area (Å²) < 4.78 is 14.8. The normalized spacial score (nSPS) is 18.0. The largest absolute Gasteiger partial charge is 0.479 e. The minimum absolute atomic E-state index is 0.0141. The van der Waals surface area contributed by atoms with Gasteiger partial charge in [0, 0.05) is 32.6 Å². The molecule has 11 nitrogen and oxygen atoms in total. The molecule has 1 atom stereocenters. The van der Waals surface area contributed by atoms with Crippen LogP contribution in [0.4, 0.5) is 4.79 Å². The van der Waals surface area contributed by atoms with Crippen LogP contribution in [0.2, 0.25) is 25.7 Å². The van der Waals surface area contributed by atoms with E-state index in [9.17, 15) is 14.7 Å². The molecule has 4 rings (SSSR count). The molecule has 1 N–H and O–H groups in total. The van der Waals surface area contributed by atoms with Gasteiger partial charge in [0.2, 0.25) is 0 Å². The van der Waals surface area contributed by atoms with Crippen molar-refractivity contribution in [2.45, 2.75) is 77.8 Å². The summed E-state index contributed by atoms with van der Waals surface area (Å²) in [7, 11) is -1.18. The van der Waals surface area contributed by atoms with Gasteiger partial charge in [0.1, 0.15) is 24.3 Å². The van der Waals surface area contributed by atoms with Crippen molar-refractivity contribution in [3.05, 3.63) is 36.0 Å². The zero-order valence-corrected chi connectivity index (χ0v) is 22.9. The van der Waals surface area contributed by atoms with Gasteiger partial charge in [-0.2, -0.15) is 5.10 Å². The number of hydrogen-bond donors (Lipinski definition) is 1. The molecule has 0 fully saturated rings. The first-order valence-electron chi connectivity index (χ1n) is 11.9. The lowest BCUT2D eigenvalue weighted by Crippen LogP contribution is -2.50. The number of carbonyl (C=O) groups is 2. The van der Waals surface area contributed by atoms with Crippen molar-refractivity contribution in [3.63, 3.8) is 0 Å². The third kappa shape index (κ3) is 4.87. The average molecular weight is 515 g/mol. The molecular weight excluding hydrogens is 480 g/mol. The van der Waals surface area contributed by atoms with Crippen LogP contribution in [0.1, 0.15) is 39.0 Å². The fraction of sp³-hybridized carbons (Fsp3) is 0.542. The topological polar surface area (TPSA) is 125 Å². The molecule has 1 unspecified atom stereocenters. The molecule has 0 saturated heterocycles. The summed E-state index contributed by atoms with van der Waals surface area (Å²) in [6.07, 6.45) is 4.26. The first-order valence-corrected chi connectivity index (χ1v) is 15.6. The van der Waals surface area contributed by atoms with Crippen LogP contribution in [0.15, 0.2) is 24.8 Å². The Morgan fingerprint density at radius 3 is 2.58 bits per heavy atom. The zero-order valence-electron chi connectivity index (χ0n) is 21.9. The summed E-state index contributed by atoms with van der Waals surface area (Å²) in [5, 5.41) is 15.5. The Bertz CT molecular complexity index is 1300. The van der Waals surface area contributed by atoms with E-state index in [1.165, 1.54) is 18.2 Å². The standard InChI is InChI=1S/C24H34N6O5Si/c1-23(2,3)35-22(33)29-13-18-17(24(29,4)21(31)32)12-30(27-18)20-16-8-9-28(19(16)25-14-26-20)15-34-10-11-36(5,6)7/h8-9,12,14H,10-11,13,15H2,1-7H3,(H,31,32). The van der Waals surface area contributed by atoms with Crippen molar-refractivity contribution in [1.29, 1.82) is 0 Å². The first kappa shape index (κ1) is 25.8. The molecule has 1 aliphatic rings. The van der Waals surface area contributed by atoms with Crippen LogP contribution >= 0.6 is 0 Å². The van der Waals surface area contributed by atoms with E-state index in [1.54, 1.807) is 31.6 Å². The SMILES string of the molecule is CC(C)(C)OC(=O)N1Cc2nn(-c3ncnc4c3ccn4COCC[Si](C)(C)C)cc2C1(C)C(=O)O. The van der Waals surface area contributed by atoms with Gasteiger partial charge in [-0.3, -0.25) is 4.90 Å². The van der Waals surface area contributed by atoms with Crippen LogP contribution in [0, 0.1) is 0 Å². The summed E-state index contributed by atoms with van der Waals surface area (Å²) in [4.78, 5) is 35.2. The van der Waals surface area contributed by atoms with Gasteiger partial charge >= 0.3 is 12.1 Å². The minimum Gasteiger partial charge on any atom is -0.479 e. The molecule has 0 aromatic carbocycles. The van der Waals surface area contributed by atoms with Crippen LogP contribution in [0.3, 0.4) is 0 Å². The van der Waals surface area contributed by atoms with Gasteiger partial charge in [-0.1, -0.05) is 19.6 Å². The molecule has 1 aliphatic heterocycles. The number of ether oxygens (including phenoxy) is 2. The zero-order chi connectivity index (χ0) is 26.5. The average Bonchev–Trinajstić information content (AvgIpc) is 3.43. The van der Waals surface area contributed by atoms with E-state index in [-0.39, 0.29) is 6.54 Å². The molecule has 3 aromatic rings. The van der Waals surface area contributed by atoms with Gasteiger partial charge in [-0.25, -0.2) is 24.2 Å². The third-order valence-corrected chi connectivity index (χ3v) is 7.88. The Hall–Kier alpha value is -3.25. The van der Waals surface area contributed by atoms with E-state index in [4.69, 9.17) is 9.47 Å². The highest BCUT2D eigenvalue weighted by Crippen LogP contribution is 2.40. The first-order chi connectivity index (χ1) is 16.7. The number of hydrogen-bond acceptors (Lipinski definition) is 7. The lowest BCUT2D eigenvalue weighted by Gasteiger charge is -2.33. The molecule has 12 heteroatoms. The number of carboxylic acid groups (broad SMARTS) is 1. The fourth-order valence-electron chi connectivity index (χ4n) is 4.11. The molecule has 194 valence electrons. The minimum atomic E-state index is -1.63. The van der Waals surface area contributed by atoms with E-state index in [1.807, 2.05) is 16.8 Å². The van der Waals surface area contributed by atoms with Crippen LogP contribution in [0.25, 0.3) is 16.9 Å². The smallest absolute Gasteiger partial charge is 0.411 e. The van der Waals surface area contributed by atoms with E-state index < -0.39 is 31.3 Å². The monoisotopic (exact) mass is 514 g/mol. The maximum atomic E-state index is 12.8. The second kappa shape index (κ2) is 9.00. The number of carboxylic acids is 1. The number of fused-ring (bicyclic) bond motifs is 2.